The SMILES string of the molecule is NCCCCC(NC(=O)C(N)CCC(=O)O)C(=O)NC(Cc1cnc[nH]1)C(=O)NC(CO)C(=O)O. The lowest BCUT2D eigenvalue weighted by Crippen LogP contribution is -2.58. The van der Waals surface area contributed by atoms with Gasteiger partial charge in [0, 0.05) is 24.7 Å². The van der Waals surface area contributed by atoms with E-state index in [0.29, 0.717) is 25.1 Å². The number of hydrogen-bond donors (Lipinski definition) is 9. The fourth-order valence-electron chi connectivity index (χ4n) is 3.01. The number of nitrogens with two attached hydrogens (primary N) is 2. The van der Waals surface area contributed by atoms with Crippen LogP contribution in [0.3, 0.4) is 0 Å². The number of hydrogen-bond acceptors (Lipinski definition) is 9. The average molecular weight is 500 g/mol. The van der Waals surface area contributed by atoms with Crippen molar-refractivity contribution in [3.05, 3.63) is 18.2 Å². The minimum atomic E-state index is -1.59. The molecule has 4 unspecified atom stereocenters. The van der Waals surface area contributed by atoms with Crippen molar-refractivity contribution in [1.29, 1.82) is 0 Å². The van der Waals surface area contributed by atoms with Crippen LogP contribution in [0, 0.1) is 0 Å². The second kappa shape index (κ2) is 15.4. The van der Waals surface area contributed by atoms with Crippen LogP contribution in [0.25, 0.3) is 0 Å². The van der Waals surface area contributed by atoms with E-state index >= 15 is 0 Å². The highest BCUT2D eigenvalue weighted by Crippen LogP contribution is 2.06. The zero-order valence-electron chi connectivity index (χ0n) is 19.1. The molecule has 0 aliphatic carbocycles. The number of aliphatic hydroxyl groups is 1. The number of amides is 3. The van der Waals surface area contributed by atoms with Crippen LogP contribution in [0.2, 0.25) is 0 Å². The number of aromatic amines is 1. The minimum Gasteiger partial charge on any atom is -0.481 e. The minimum absolute atomic E-state index is 0.0864. The van der Waals surface area contributed by atoms with E-state index in [4.69, 9.17) is 21.7 Å². The number of nitrogens with zero attached hydrogens (tertiary/aromatic N) is 1. The van der Waals surface area contributed by atoms with Crippen LogP contribution in [-0.2, 0) is 30.4 Å². The molecule has 0 spiro atoms. The van der Waals surface area contributed by atoms with Crippen LogP contribution < -0.4 is 27.4 Å². The summed E-state index contributed by atoms with van der Waals surface area (Å²) >= 11 is 0. The Morgan fingerprint density at radius 2 is 1.57 bits per heavy atom. The number of nitrogens with one attached hydrogen (secondary N) is 4. The molecule has 1 aromatic rings. The van der Waals surface area contributed by atoms with E-state index in [0.717, 1.165) is 0 Å². The van der Waals surface area contributed by atoms with E-state index in [2.05, 4.69) is 25.9 Å². The van der Waals surface area contributed by atoms with Gasteiger partial charge in [0.15, 0.2) is 0 Å². The monoisotopic (exact) mass is 499 g/mol. The maximum atomic E-state index is 13.0. The van der Waals surface area contributed by atoms with E-state index < -0.39 is 60.4 Å². The van der Waals surface area contributed by atoms with Crippen LogP contribution in [0.15, 0.2) is 12.5 Å². The fourth-order valence-corrected chi connectivity index (χ4v) is 3.01. The van der Waals surface area contributed by atoms with Gasteiger partial charge in [-0.2, -0.15) is 0 Å². The quantitative estimate of drug-likeness (QED) is 0.0963. The Bertz CT molecular complexity index is 849. The first-order chi connectivity index (χ1) is 16.6. The van der Waals surface area contributed by atoms with Gasteiger partial charge >= 0.3 is 11.9 Å². The number of unbranched alkanes of at least 4 members (excludes halogenated alkanes) is 1. The summed E-state index contributed by atoms with van der Waals surface area (Å²) in [6.07, 6.45) is 3.39. The molecule has 3 amide bonds. The van der Waals surface area contributed by atoms with Crippen molar-refractivity contribution in [2.45, 2.75) is 62.7 Å². The molecule has 0 saturated heterocycles. The van der Waals surface area contributed by atoms with E-state index in [1.165, 1.54) is 12.5 Å². The summed E-state index contributed by atoms with van der Waals surface area (Å²) in [6.45, 7) is -0.513. The van der Waals surface area contributed by atoms with Gasteiger partial charge in [-0.1, -0.05) is 0 Å². The molecule has 0 fully saturated rings. The van der Waals surface area contributed by atoms with Crippen LogP contribution in [0.5, 0.6) is 0 Å². The summed E-state index contributed by atoms with van der Waals surface area (Å²) in [5.74, 6) is -4.94. The Labute approximate surface area is 201 Å². The Hall–Kier alpha value is -3.56. The van der Waals surface area contributed by atoms with Gasteiger partial charge in [0.05, 0.1) is 19.0 Å². The number of carbonyl (C=O) groups is 5. The Balaban J connectivity index is 2.99. The molecule has 196 valence electrons. The third-order valence-corrected chi connectivity index (χ3v) is 4.99. The van der Waals surface area contributed by atoms with Gasteiger partial charge in [-0.15, -0.1) is 0 Å². The van der Waals surface area contributed by atoms with E-state index in [1.54, 1.807) is 0 Å². The van der Waals surface area contributed by atoms with Gasteiger partial charge in [-0.3, -0.25) is 19.2 Å². The van der Waals surface area contributed by atoms with E-state index in [1.807, 2.05) is 0 Å². The molecule has 15 nitrogen and oxygen atoms in total. The van der Waals surface area contributed by atoms with Gasteiger partial charge in [-0.05, 0) is 32.2 Å². The first-order valence-electron chi connectivity index (χ1n) is 11.0. The molecular weight excluding hydrogens is 466 g/mol. The van der Waals surface area contributed by atoms with Crippen molar-refractivity contribution in [2.24, 2.45) is 11.5 Å². The van der Waals surface area contributed by atoms with Crippen molar-refractivity contribution in [1.82, 2.24) is 25.9 Å². The molecule has 0 aliphatic rings. The third kappa shape index (κ3) is 10.9. The van der Waals surface area contributed by atoms with Gasteiger partial charge in [0.25, 0.3) is 0 Å². The number of aromatic nitrogens is 2. The molecule has 35 heavy (non-hydrogen) atoms. The average Bonchev–Trinajstić information content (AvgIpc) is 3.32. The highest BCUT2D eigenvalue weighted by atomic mass is 16.4. The molecule has 0 saturated carbocycles. The number of aliphatic carboxylic acids is 2. The highest BCUT2D eigenvalue weighted by molar-refractivity contribution is 5.94. The maximum absolute atomic E-state index is 13.0. The van der Waals surface area contributed by atoms with Crippen molar-refractivity contribution in [3.63, 3.8) is 0 Å². The van der Waals surface area contributed by atoms with Crippen LogP contribution in [0.1, 0.15) is 37.8 Å². The van der Waals surface area contributed by atoms with E-state index in [9.17, 15) is 29.1 Å². The van der Waals surface area contributed by atoms with Gasteiger partial charge in [0.2, 0.25) is 17.7 Å². The Morgan fingerprint density at radius 1 is 0.943 bits per heavy atom. The number of carboxylic acids is 2. The predicted molar refractivity (Wildman–Crippen MR) is 121 cm³/mol. The number of aliphatic hydroxyl groups excluding tert-OH is 1. The lowest BCUT2D eigenvalue weighted by atomic mass is 10.0. The zero-order chi connectivity index (χ0) is 26.4. The first kappa shape index (κ1) is 29.5. The molecule has 4 atom stereocenters. The zero-order valence-corrected chi connectivity index (χ0v) is 19.1. The van der Waals surface area contributed by atoms with Gasteiger partial charge in [0.1, 0.15) is 18.1 Å². The molecule has 1 rings (SSSR count). The number of H-pyrrole nitrogens is 1. The molecule has 1 heterocycles. The molecular formula is C20H33N7O8. The molecule has 0 aliphatic heterocycles. The smallest absolute Gasteiger partial charge is 0.328 e. The van der Waals surface area contributed by atoms with Crippen LogP contribution >= 0.6 is 0 Å². The summed E-state index contributed by atoms with van der Waals surface area (Å²) in [5.41, 5.74) is 11.7. The second-order valence-electron chi connectivity index (χ2n) is 7.81. The summed E-state index contributed by atoms with van der Waals surface area (Å²) < 4.78 is 0. The predicted octanol–water partition coefficient (Wildman–Crippen LogP) is -3.20. The number of imidazole rings is 1. The number of rotatable bonds is 17. The molecule has 1 aromatic heterocycles. The molecule has 0 bridgehead atoms. The van der Waals surface area contributed by atoms with Crippen LogP contribution in [0.4, 0.5) is 0 Å². The Kier molecular flexibility index (Phi) is 12.9. The Morgan fingerprint density at radius 3 is 2.11 bits per heavy atom. The summed E-state index contributed by atoms with van der Waals surface area (Å²) in [6, 6.07) is -5.14. The number of carbonyl (C=O) groups excluding carboxylic acids is 3. The highest BCUT2D eigenvalue weighted by Gasteiger charge is 2.30. The lowest BCUT2D eigenvalue weighted by Gasteiger charge is -2.25. The largest absolute Gasteiger partial charge is 0.481 e. The van der Waals surface area contributed by atoms with Crippen LogP contribution in [-0.4, -0.2) is 92.3 Å². The van der Waals surface area contributed by atoms with E-state index in [-0.39, 0.29) is 25.7 Å². The second-order valence-corrected chi connectivity index (χ2v) is 7.81. The molecule has 15 heteroatoms. The summed E-state index contributed by atoms with van der Waals surface area (Å²) in [4.78, 5) is 66.7. The molecule has 0 aromatic carbocycles. The standard InChI is InChI=1S/C20H33N7O8/c21-6-2-1-3-13(25-17(31)12(22)4-5-16(29)30)18(32)26-14(7-11-8-23-10-24-11)19(33)27-15(9-28)20(34)35/h8,10,12-15,28H,1-7,9,21-22H2,(H,23,24)(H,25,31)(H,26,32)(H,27,33)(H,29,30)(H,34,35). The molecule has 0 radical (unpaired) electrons. The van der Waals surface area contributed by atoms with Crippen molar-refractivity contribution in [2.75, 3.05) is 13.2 Å². The van der Waals surface area contributed by atoms with Gasteiger partial charge < -0.3 is 47.7 Å². The van der Waals surface area contributed by atoms with Gasteiger partial charge in [-0.25, -0.2) is 9.78 Å². The third-order valence-electron chi connectivity index (χ3n) is 4.99. The topological polar surface area (TPSA) is 263 Å². The van der Waals surface area contributed by atoms with Crippen molar-refractivity contribution < 1.29 is 39.3 Å². The first-order valence-corrected chi connectivity index (χ1v) is 11.0. The summed E-state index contributed by atoms with van der Waals surface area (Å²) in [7, 11) is 0. The normalized spacial score (nSPS) is 14.3. The number of carboxylic acid groups (broad SMARTS) is 2. The van der Waals surface area contributed by atoms with Crippen molar-refractivity contribution >= 4 is 29.7 Å². The maximum Gasteiger partial charge on any atom is 0.328 e. The van der Waals surface area contributed by atoms with Crippen molar-refractivity contribution in [3.8, 4) is 0 Å². The molecule has 11 N–H and O–H groups in total. The fraction of sp³-hybridized carbons (Fsp3) is 0.600. The lowest BCUT2D eigenvalue weighted by molar-refractivity contribution is -0.143. The summed E-state index contributed by atoms with van der Waals surface area (Å²) in [5, 5.41) is 34.2.